The highest BCUT2D eigenvalue weighted by atomic mass is 16.4. The van der Waals surface area contributed by atoms with Crippen LogP contribution >= 0.6 is 0 Å². The normalized spacial score (nSPS) is 11.9. The Morgan fingerprint density at radius 1 is 1.33 bits per heavy atom. The van der Waals surface area contributed by atoms with Crippen molar-refractivity contribution in [3.05, 3.63) is 35.6 Å². The molecular weight excluding hydrogens is 228 g/mol. The first-order valence-corrected chi connectivity index (χ1v) is 6.17. The third-order valence-corrected chi connectivity index (χ3v) is 3.56. The molecule has 0 amide bonds. The number of carboxylic acid groups (broad SMARTS) is 1. The van der Waals surface area contributed by atoms with Crippen LogP contribution in [0.3, 0.4) is 0 Å². The van der Waals surface area contributed by atoms with Crippen molar-refractivity contribution in [2.24, 2.45) is 0 Å². The lowest BCUT2D eigenvalue weighted by Crippen LogP contribution is -2.14. The van der Waals surface area contributed by atoms with Gasteiger partial charge >= 0.3 is 5.97 Å². The van der Waals surface area contributed by atoms with Gasteiger partial charge in [-0.25, -0.2) is 0 Å². The van der Waals surface area contributed by atoms with Gasteiger partial charge in [0.05, 0.1) is 0 Å². The molecule has 3 nitrogen and oxygen atoms in total. The number of furan rings is 1. The average molecular weight is 246 g/mol. The highest BCUT2D eigenvalue weighted by Gasteiger charge is 2.19. The van der Waals surface area contributed by atoms with Gasteiger partial charge in [-0.2, -0.15) is 0 Å². The molecule has 3 heteroatoms. The maximum atomic E-state index is 10.7. The van der Waals surface area contributed by atoms with E-state index in [1.807, 2.05) is 12.1 Å². The maximum absolute atomic E-state index is 10.7. The monoisotopic (exact) mass is 246 g/mol. The summed E-state index contributed by atoms with van der Waals surface area (Å²) in [6.07, 6.45) is 0.986. The van der Waals surface area contributed by atoms with Gasteiger partial charge in [-0.3, -0.25) is 4.79 Å². The fourth-order valence-electron chi connectivity index (χ4n) is 1.96. The topological polar surface area (TPSA) is 50.4 Å². The Balaban J connectivity index is 2.42. The fourth-order valence-corrected chi connectivity index (χ4v) is 1.96. The van der Waals surface area contributed by atoms with Crippen LogP contribution in [0.4, 0.5) is 0 Å². The second-order valence-electron chi connectivity index (χ2n) is 5.27. The molecule has 0 radical (unpaired) electrons. The standard InChI is InChI=1S/C15H18O3/c1-4-15(2,3)11-5-6-13-10(7-11)8-12(18-13)9-14(16)17/h5-8H,4,9H2,1-3H3,(H,16,17). The largest absolute Gasteiger partial charge is 0.481 e. The minimum absolute atomic E-state index is 0.0683. The lowest BCUT2D eigenvalue weighted by atomic mass is 9.82. The van der Waals surface area contributed by atoms with E-state index in [-0.39, 0.29) is 11.8 Å². The third kappa shape index (κ3) is 2.40. The lowest BCUT2D eigenvalue weighted by molar-refractivity contribution is -0.136. The molecule has 0 unspecified atom stereocenters. The molecule has 0 fully saturated rings. The first-order chi connectivity index (χ1) is 8.42. The fraction of sp³-hybridized carbons (Fsp3) is 0.400. The highest BCUT2D eigenvalue weighted by Crippen LogP contribution is 2.30. The Morgan fingerprint density at radius 2 is 2.06 bits per heavy atom. The summed E-state index contributed by atoms with van der Waals surface area (Å²) in [7, 11) is 0. The molecule has 2 aromatic rings. The van der Waals surface area contributed by atoms with Crippen molar-refractivity contribution in [1.29, 1.82) is 0 Å². The predicted octanol–water partition coefficient (Wildman–Crippen LogP) is 3.75. The Morgan fingerprint density at radius 3 is 2.67 bits per heavy atom. The summed E-state index contributed by atoms with van der Waals surface area (Å²) in [5, 5.41) is 9.73. The van der Waals surface area contributed by atoms with E-state index >= 15 is 0 Å². The molecular formula is C15H18O3. The van der Waals surface area contributed by atoms with Crippen molar-refractivity contribution in [2.45, 2.75) is 39.0 Å². The van der Waals surface area contributed by atoms with E-state index in [1.165, 1.54) is 5.56 Å². The molecule has 96 valence electrons. The molecule has 0 saturated heterocycles. The van der Waals surface area contributed by atoms with Crippen LogP contribution in [0.25, 0.3) is 11.0 Å². The van der Waals surface area contributed by atoms with Gasteiger partial charge in [-0.05, 0) is 35.6 Å². The van der Waals surface area contributed by atoms with Gasteiger partial charge < -0.3 is 9.52 Å². The summed E-state index contributed by atoms with van der Waals surface area (Å²) in [5.74, 6) is -0.368. The summed E-state index contributed by atoms with van der Waals surface area (Å²) in [4.78, 5) is 10.7. The van der Waals surface area contributed by atoms with E-state index in [0.29, 0.717) is 5.76 Å². The first kappa shape index (κ1) is 12.7. The molecule has 0 atom stereocenters. The summed E-state index contributed by atoms with van der Waals surface area (Å²) in [5.41, 5.74) is 2.13. The molecule has 0 bridgehead atoms. The van der Waals surface area contributed by atoms with E-state index < -0.39 is 5.97 Å². The van der Waals surface area contributed by atoms with Crippen LogP contribution in [0.15, 0.2) is 28.7 Å². The smallest absolute Gasteiger partial charge is 0.311 e. The first-order valence-electron chi connectivity index (χ1n) is 6.17. The van der Waals surface area contributed by atoms with Crippen molar-refractivity contribution in [2.75, 3.05) is 0 Å². The zero-order chi connectivity index (χ0) is 13.3. The zero-order valence-electron chi connectivity index (χ0n) is 11.0. The number of aliphatic carboxylic acids is 1. The number of hydrogen-bond donors (Lipinski definition) is 1. The van der Waals surface area contributed by atoms with Crippen molar-refractivity contribution >= 4 is 16.9 Å². The average Bonchev–Trinajstić information content (AvgIpc) is 2.68. The Labute approximate surface area is 106 Å². The number of hydrogen-bond acceptors (Lipinski definition) is 2. The van der Waals surface area contributed by atoms with Gasteiger partial charge in [0.15, 0.2) is 0 Å². The molecule has 1 heterocycles. The van der Waals surface area contributed by atoms with E-state index in [0.717, 1.165) is 17.4 Å². The van der Waals surface area contributed by atoms with Crippen LogP contribution in [0.2, 0.25) is 0 Å². The van der Waals surface area contributed by atoms with Crippen LogP contribution in [-0.4, -0.2) is 11.1 Å². The number of carboxylic acids is 1. The van der Waals surface area contributed by atoms with E-state index in [9.17, 15) is 4.79 Å². The molecule has 2 rings (SSSR count). The zero-order valence-corrected chi connectivity index (χ0v) is 11.0. The molecule has 1 aromatic carbocycles. The number of fused-ring (bicyclic) bond motifs is 1. The molecule has 0 aliphatic carbocycles. The van der Waals surface area contributed by atoms with Crippen LogP contribution in [-0.2, 0) is 16.6 Å². The lowest BCUT2D eigenvalue weighted by Gasteiger charge is -2.23. The summed E-state index contributed by atoms with van der Waals surface area (Å²) in [6.45, 7) is 6.56. The number of benzene rings is 1. The summed E-state index contributed by atoms with van der Waals surface area (Å²) >= 11 is 0. The summed E-state index contributed by atoms with van der Waals surface area (Å²) < 4.78 is 5.50. The molecule has 0 aliphatic rings. The van der Waals surface area contributed by atoms with Crippen molar-refractivity contribution in [3.63, 3.8) is 0 Å². The SMILES string of the molecule is CCC(C)(C)c1ccc2oc(CC(=O)O)cc2c1. The van der Waals surface area contributed by atoms with Crippen LogP contribution in [0.1, 0.15) is 38.5 Å². The Kier molecular flexibility index (Phi) is 3.16. The minimum atomic E-state index is -0.872. The third-order valence-electron chi connectivity index (χ3n) is 3.56. The molecule has 1 N–H and O–H groups in total. The molecule has 0 spiro atoms. The Bertz CT molecular complexity index is 578. The molecule has 18 heavy (non-hydrogen) atoms. The van der Waals surface area contributed by atoms with Crippen LogP contribution in [0, 0.1) is 0 Å². The molecule has 0 saturated carbocycles. The second-order valence-corrected chi connectivity index (χ2v) is 5.27. The Hall–Kier alpha value is -1.77. The van der Waals surface area contributed by atoms with Crippen molar-refractivity contribution < 1.29 is 14.3 Å². The second kappa shape index (κ2) is 4.48. The van der Waals surface area contributed by atoms with Crippen molar-refractivity contribution in [1.82, 2.24) is 0 Å². The van der Waals surface area contributed by atoms with Gasteiger partial charge in [-0.15, -0.1) is 0 Å². The van der Waals surface area contributed by atoms with E-state index in [2.05, 4.69) is 32.9 Å². The minimum Gasteiger partial charge on any atom is -0.481 e. The number of carbonyl (C=O) groups is 1. The van der Waals surface area contributed by atoms with Gasteiger partial charge in [0.2, 0.25) is 0 Å². The molecule has 0 aliphatic heterocycles. The van der Waals surface area contributed by atoms with E-state index in [4.69, 9.17) is 9.52 Å². The van der Waals surface area contributed by atoms with Gasteiger partial charge in [-0.1, -0.05) is 26.8 Å². The highest BCUT2D eigenvalue weighted by molar-refractivity contribution is 5.80. The van der Waals surface area contributed by atoms with Gasteiger partial charge in [0, 0.05) is 5.39 Å². The predicted molar refractivity (Wildman–Crippen MR) is 70.9 cm³/mol. The van der Waals surface area contributed by atoms with E-state index in [1.54, 1.807) is 0 Å². The van der Waals surface area contributed by atoms with Crippen LogP contribution in [0.5, 0.6) is 0 Å². The number of rotatable bonds is 4. The van der Waals surface area contributed by atoms with Gasteiger partial charge in [0.1, 0.15) is 17.8 Å². The quantitative estimate of drug-likeness (QED) is 0.893. The van der Waals surface area contributed by atoms with Crippen molar-refractivity contribution in [3.8, 4) is 0 Å². The van der Waals surface area contributed by atoms with Crippen LogP contribution < -0.4 is 0 Å². The molecule has 1 aromatic heterocycles. The van der Waals surface area contributed by atoms with Gasteiger partial charge in [0.25, 0.3) is 0 Å². The maximum Gasteiger partial charge on any atom is 0.311 e. The summed E-state index contributed by atoms with van der Waals surface area (Å²) in [6, 6.07) is 7.89.